The number of hydrogen-bond donors (Lipinski definition) is 2. The van der Waals surface area contributed by atoms with Crippen LogP contribution in [0.25, 0.3) is 0 Å². The van der Waals surface area contributed by atoms with Gasteiger partial charge in [0, 0.05) is 0 Å². The normalized spacial score (nSPS) is 13.3. The summed E-state index contributed by atoms with van der Waals surface area (Å²) in [4.78, 5) is 11.8. The Morgan fingerprint density at radius 3 is 2.24 bits per heavy atom. The number of hydrogen-bond acceptors (Lipinski definition) is 2. The van der Waals surface area contributed by atoms with E-state index in [9.17, 15) is 23.1 Å². The number of rotatable bonds is 6. The summed E-state index contributed by atoms with van der Waals surface area (Å²) in [5, 5.41) is 11.9. The first kappa shape index (κ1) is 17.5. The summed E-state index contributed by atoms with van der Waals surface area (Å²) in [5.41, 5.74) is -0.235. The van der Waals surface area contributed by atoms with Gasteiger partial charge in [-0.15, -0.1) is 0 Å². The van der Waals surface area contributed by atoms with Crippen molar-refractivity contribution in [3.05, 3.63) is 35.4 Å². The molecule has 1 unspecified atom stereocenters. The Morgan fingerprint density at radius 2 is 1.81 bits per heavy atom. The van der Waals surface area contributed by atoms with E-state index in [1.165, 1.54) is 12.1 Å². The molecule has 0 radical (unpaired) electrons. The quantitative estimate of drug-likeness (QED) is 0.849. The van der Waals surface area contributed by atoms with E-state index in [1.807, 2.05) is 13.8 Å². The van der Waals surface area contributed by atoms with Crippen molar-refractivity contribution in [2.24, 2.45) is 5.92 Å². The second-order valence-electron chi connectivity index (χ2n) is 5.45. The van der Waals surface area contributed by atoms with E-state index >= 15 is 0 Å². The molecule has 0 bridgehead atoms. The lowest BCUT2D eigenvalue weighted by Crippen LogP contribution is -2.39. The lowest BCUT2D eigenvalue weighted by atomic mass is 10.0. The first-order chi connectivity index (χ1) is 9.72. The summed E-state index contributed by atoms with van der Waals surface area (Å²) < 4.78 is 37.2. The van der Waals surface area contributed by atoms with Crippen LogP contribution in [-0.2, 0) is 17.4 Å². The molecule has 1 aromatic rings. The lowest BCUT2D eigenvalue weighted by molar-refractivity contribution is -0.137. The topological polar surface area (TPSA) is 49.3 Å². The number of carbonyl (C=O) groups excluding carboxylic acids is 1. The van der Waals surface area contributed by atoms with E-state index in [4.69, 9.17) is 0 Å². The predicted molar refractivity (Wildman–Crippen MR) is 73.6 cm³/mol. The molecule has 0 fully saturated rings. The van der Waals surface area contributed by atoms with Crippen molar-refractivity contribution < 1.29 is 23.1 Å². The third kappa shape index (κ3) is 6.16. The minimum atomic E-state index is -4.37. The van der Waals surface area contributed by atoms with Crippen LogP contribution in [0.3, 0.4) is 0 Å². The molecule has 0 aliphatic rings. The van der Waals surface area contributed by atoms with Crippen LogP contribution in [0.4, 0.5) is 13.2 Å². The fourth-order valence-electron chi connectivity index (χ4n) is 2.02. The Bertz CT molecular complexity index is 455. The largest absolute Gasteiger partial charge is 0.416 e. The molecule has 1 aromatic carbocycles. The van der Waals surface area contributed by atoms with Crippen LogP contribution in [-0.4, -0.2) is 23.7 Å². The molecule has 0 aliphatic carbocycles. The Labute approximate surface area is 122 Å². The van der Waals surface area contributed by atoms with Crippen LogP contribution in [0.2, 0.25) is 0 Å². The first-order valence-electron chi connectivity index (χ1n) is 6.78. The summed E-state index contributed by atoms with van der Waals surface area (Å²) in [5.74, 6) is 0.0166. The maximum Gasteiger partial charge on any atom is 0.416 e. The van der Waals surface area contributed by atoms with Crippen molar-refractivity contribution in [1.82, 2.24) is 5.32 Å². The molecule has 3 nitrogen and oxygen atoms in total. The fraction of sp³-hybridized carbons (Fsp3) is 0.533. The van der Waals surface area contributed by atoms with Gasteiger partial charge in [-0.25, -0.2) is 0 Å². The second kappa shape index (κ2) is 7.45. The maximum atomic E-state index is 12.4. The van der Waals surface area contributed by atoms with Crippen molar-refractivity contribution in [2.45, 2.75) is 38.9 Å². The summed E-state index contributed by atoms with van der Waals surface area (Å²) in [6.45, 7) is 3.80. The van der Waals surface area contributed by atoms with E-state index < -0.39 is 11.7 Å². The number of aliphatic hydroxyl groups excluding tert-OH is 1. The van der Waals surface area contributed by atoms with Gasteiger partial charge in [-0.3, -0.25) is 4.79 Å². The van der Waals surface area contributed by atoms with Crippen LogP contribution in [0.1, 0.15) is 31.4 Å². The van der Waals surface area contributed by atoms with Gasteiger partial charge in [-0.1, -0.05) is 26.0 Å². The minimum absolute atomic E-state index is 0.00721. The molecule has 0 saturated heterocycles. The smallest absolute Gasteiger partial charge is 0.394 e. The molecule has 0 saturated carbocycles. The highest BCUT2D eigenvalue weighted by atomic mass is 19.4. The Kier molecular flexibility index (Phi) is 6.20. The molecule has 118 valence electrons. The highest BCUT2D eigenvalue weighted by molar-refractivity contribution is 5.78. The molecule has 0 spiro atoms. The zero-order chi connectivity index (χ0) is 16.0. The van der Waals surface area contributed by atoms with Crippen molar-refractivity contribution in [1.29, 1.82) is 0 Å². The third-order valence-electron chi connectivity index (χ3n) is 2.99. The highest BCUT2D eigenvalue weighted by Gasteiger charge is 2.30. The van der Waals surface area contributed by atoms with Gasteiger partial charge in [0.15, 0.2) is 0 Å². The number of nitrogens with one attached hydrogen (secondary N) is 1. The van der Waals surface area contributed by atoms with Crippen molar-refractivity contribution in [3.63, 3.8) is 0 Å². The predicted octanol–water partition coefficient (Wildman–Crippen LogP) is 2.77. The van der Waals surface area contributed by atoms with Crippen molar-refractivity contribution in [2.75, 3.05) is 6.61 Å². The zero-order valence-corrected chi connectivity index (χ0v) is 12.1. The molecule has 0 aromatic heterocycles. The maximum absolute atomic E-state index is 12.4. The van der Waals surface area contributed by atoms with Gasteiger partial charge in [0.2, 0.25) is 5.91 Å². The highest BCUT2D eigenvalue weighted by Crippen LogP contribution is 2.29. The molecule has 0 aliphatic heterocycles. The van der Waals surface area contributed by atoms with Crippen LogP contribution >= 0.6 is 0 Å². The van der Waals surface area contributed by atoms with E-state index in [2.05, 4.69) is 5.32 Å². The van der Waals surface area contributed by atoms with E-state index in [1.54, 1.807) is 0 Å². The van der Waals surface area contributed by atoms with Crippen LogP contribution in [0.5, 0.6) is 0 Å². The van der Waals surface area contributed by atoms with Crippen molar-refractivity contribution in [3.8, 4) is 0 Å². The van der Waals surface area contributed by atoms with Crippen LogP contribution in [0, 0.1) is 5.92 Å². The van der Waals surface area contributed by atoms with Gasteiger partial charge < -0.3 is 10.4 Å². The number of alkyl halides is 3. The number of carbonyl (C=O) groups is 1. The van der Waals surface area contributed by atoms with Gasteiger partial charge in [0.25, 0.3) is 0 Å². The van der Waals surface area contributed by atoms with E-state index in [-0.39, 0.29) is 25.0 Å². The molecule has 0 heterocycles. The molecule has 2 N–H and O–H groups in total. The first-order valence-corrected chi connectivity index (χ1v) is 6.78. The Balaban J connectivity index is 2.58. The Hall–Kier alpha value is -1.56. The molecule has 1 amide bonds. The number of halogens is 3. The summed E-state index contributed by atoms with van der Waals surface area (Å²) >= 11 is 0. The van der Waals surface area contributed by atoms with Crippen molar-refractivity contribution >= 4 is 5.91 Å². The van der Waals surface area contributed by atoms with Gasteiger partial charge in [0.1, 0.15) is 0 Å². The average molecular weight is 303 g/mol. The molecule has 6 heteroatoms. The Morgan fingerprint density at radius 1 is 1.24 bits per heavy atom. The summed E-state index contributed by atoms with van der Waals surface area (Å²) in [6, 6.07) is 4.17. The second-order valence-corrected chi connectivity index (χ2v) is 5.45. The molecule has 1 atom stereocenters. The third-order valence-corrected chi connectivity index (χ3v) is 2.99. The summed E-state index contributed by atoms with van der Waals surface area (Å²) in [7, 11) is 0. The van der Waals surface area contributed by atoms with Gasteiger partial charge >= 0.3 is 6.18 Å². The van der Waals surface area contributed by atoms with E-state index in [0.29, 0.717) is 17.9 Å². The number of aliphatic hydroxyl groups is 1. The van der Waals surface area contributed by atoms with Gasteiger partial charge in [-0.05, 0) is 30.0 Å². The molecular formula is C15H20F3NO2. The van der Waals surface area contributed by atoms with Crippen LogP contribution < -0.4 is 5.32 Å². The molecule has 1 rings (SSSR count). The minimum Gasteiger partial charge on any atom is -0.394 e. The van der Waals surface area contributed by atoms with Gasteiger partial charge in [-0.2, -0.15) is 13.2 Å². The fourth-order valence-corrected chi connectivity index (χ4v) is 2.02. The molecule has 21 heavy (non-hydrogen) atoms. The number of benzene rings is 1. The molecular weight excluding hydrogens is 283 g/mol. The average Bonchev–Trinajstić information content (AvgIpc) is 2.36. The van der Waals surface area contributed by atoms with Crippen LogP contribution in [0.15, 0.2) is 24.3 Å². The van der Waals surface area contributed by atoms with E-state index in [0.717, 1.165) is 12.1 Å². The van der Waals surface area contributed by atoms with Gasteiger partial charge in [0.05, 0.1) is 24.6 Å². The zero-order valence-electron chi connectivity index (χ0n) is 12.1. The monoisotopic (exact) mass is 303 g/mol. The number of amides is 1. The standard InChI is InChI=1S/C15H20F3NO2/c1-10(2)7-13(9-20)19-14(21)8-11-3-5-12(6-4-11)15(16,17)18/h3-6,10,13,20H,7-9H2,1-2H3,(H,19,21). The summed E-state index contributed by atoms with van der Waals surface area (Å²) in [6.07, 6.45) is -3.73. The lowest BCUT2D eigenvalue weighted by Gasteiger charge is -2.18. The SMILES string of the molecule is CC(C)CC(CO)NC(=O)Cc1ccc(C(F)(F)F)cc1.